The van der Waals surface area contributed by atoms with Crippen molar-refractivity contribution in [2.24, 2.45) is 5.10 Å². The van der Waals surface area contributed by atoms with Gasteiger partial charge in [-0.2, -0.15) is 5.10 Å². The van der Waals surface area contributed by atoms with Crippen LogP contribution in [-0.4, -0.2) is 63.5 Å². The number of nitrogens with zero attached hydrogens (tertiary/aromatic N) is 7. The highest BCUT2D eigenvalue weighted by Gasteiger charge is 2.34. The molecule has 2 aliphatic rings. The predicted octanol–water partition coefficient (Wildman–Crippen LogP) is 3.84. The van der Waals surface area contributed by atoms with E-state index in [0.29, 0.717) is 61.1 Å². The van der Waals surface area contributed by atoms with Crippen LogP contribution in [-0.2, 0) is 0 Å². The fraction of sp³-hybridized carbons (Fsp3) is 0.348. The molecule has 1 unspecified atom stereocenters. The molecule has 1 atom stereocenters. The number of halogens is 3. The molecule has 0 saturated carbocycles. The number of aryl methyl sites for hydroxylation is 2. The number of carbonyl (C=O) groups excluding carboxylic acids is 1. The summed E-state index contributed by atoms with van der Waals surface area (Å²) >= 11 is 0. The van der Waals surface area contributed by atoms with Gasteiger partial charge in [-0.3, -0.25) is 0 Å². The van der Waals surface area contributed by atoms with Gasteiger partial charge in [-0.25, -0.2) is 32.9 Å². The first-order valence-electron chi connectivity index (χ1n) is 11.1. The number of urea groups is 1. The number of aromatic nitrogens is 3. The van der Waals surface area contributed by atoms with E-state index in [1.54, 1.807) is 25.0 Å². The molecule has 2 amide bonds. The van der Waals surface area contributed by atoms with Crippen molar-refractivity contribution < 1.29 is 22.5 Å². The minimum atomic E-state index is -0.705. The Labute approximate surface area is 198 Å². The van der Waals surface area contributed by atoms with Crippen LogP contribution >= 0.6 is 0 Å². The van der Waals surface area contributed by atoms with Crippen molar-refractivity contribution in [1.29, 1.82) is 0 Å². The zero-order valence-electron chi connectivity index (χ0n) is 19.1. The lowest BCUT2D eigenvalue weighted by Gasteiger charge is -2.37. The zero-order valence-corrected chi connectivity index (χ0v) is 19.1. The van der Waals surface area contributed by atoms with Gasteiger partial charge in [0.2, 0.25) is 5.95 Å². The van der Waals surface area contributed by atoms with Crippen molar-refractivity contribution in [3.63, 3.8) is 0 Å². The second-order valence-electron chi connectivity index (χ2n) is 8.42. The molecule has 0 radical (unpaired) electrons. The van der Waals surface area contributed by atoms with Crippen LogP contribution in [0.3, 0.4) is 0 Å². The molecule has 1 fully saturated rings. The Morgan fingerprint density at radius 1 is 1.06 bits per heavy atom. The minimum absolute atomic E-state index is 0.112. The number of hydrogen-bond acceptors (Lipinski definition) is 7. The van der Waals surface area contributed by atoms with E-state index in [0.717, 1.165) is 12.3 Å². The lowest BCUT2D eigenvalue weighted by molar-refractivity contribution is 0.139. The van der Waals surface area contributed by atoms with Crippen LogP contribution in [0.4, 0.5) is 23.9 Å². The Morgan fingerprint density at radius 3 is 2.43 bits per heavy atom. The molecular weight excluding hydrogens is 463 g/mol. The molecule has 9 nitrogen and oxygen atoms in total. The average Bonchev–Trinajstić information content (AvgIpc) is 3.45. The Hall–Kier alpha value is -3.96. The number of piperazine rings is 1. The van der Waals surface area contributed by atoms with E-state index in [2.05, 4.69) is 20.2 Å². The first kappa shape index (κ1) is 22.8. The number of hydrazone groups is 1. The summed E-state index contributed by atoms with van der Waals surface area (Å²) in [5.74, 6) is -1.20. The standard InChI is InChI=1S/C23H22F3N7O2/c1-13-20(14(2)35-30-13)21-18(26)12-27-22(29-21)31-5-7-32(8-6-31)23(34)33-19(3-4-28-33)15-9-16(24)11-17(25)10-15/h4,9-12,19H,3,5-8H2,1-2H3. The van der Waals surface area contributed by atoms with Gasteiger partial charge in [0.15, 0.2) is 5.82 Å². The maximum absolute atomic E-state index is 14.5. The van der Waals surface area contributed by atoms with Gasteiger partial charge in [0, 0.05) is 44.9 Å². The molecule has 2 aromatic heterocycles. The lowest BCUT2D eigenvalue weighted by Crippen LogP contribution is -2.52. The summed E-state index contributed by atoms with van der Waals surface area (Å²) in [6.45, 7) is 4.91. The molecule has 2 aliphatic heterocycles. The van der Waals surface area contributed by atoms with Gasteiger partial charge in [0.25, 0.3) is 0 Å². The molecule has 1 saturated heterocycles. The molecule has 1 aromatic carbocycles. The second kappa shape index (κ2) is 9.01. The second-order valence-corrected chi connectivity index (χ2v) is 8.42. The van der Waals surface area contributed by atoms with Crippen LogP contribution in [0.1, 0.15) is 29.5 Å². The van der Waals surface area contributed by atoms with E-state index < -0.39 is 23.5 Å². The maximum atomic E-state index is 14.5. The van der Waals surface area contributed by atoms with E-state index in [-0.39, 0.29) is 11.7 Å². The molecule has 35 heavy (non-hydrogen) atoms. The summed E-state index contributed by atoms with van der Waals surface area (Å²) in [7, 11) is 0. The quantitative estimate of drug-likeness (QED) is 0.560. The average molecular weight is 485 g/mol. The van der Waals surface area contributed by atoms with Gasteiger partial charge in [-0.15, -0.1) is 0 Å². The van der Waals surface area contributed by atoms with Gasteiger partial charge in [0.1, 0.15) is 23.1 Å². The minimum Gasteiger partial charge on any atom is -0.361 e. The zero-order chi connectivity index (χ0) is 24.7. The van der Waals surface area contributed by atoms with Crippen molar-refractivity contribution in [1.82, 2.24) is 25.0 Å². The summed E-state index contributed by atoms with van der Waals surface area (Å²) in [5, 5.41) is 9.27. The first-order chi connectivity index (χ1) is 16.8. The number of benzene rings is 1. The highest BCUT2D eigenvalue weighted by Crippen LogP contribution is 2.31. The molecule has 0 spiro atoms. The van der Waals surface area contributed by atoms with Gasteiger partial charge in [-0.05, 0) is 31.5 Å². The summed E-state index contributed by atoms with van der Waals surface area (Å²) in [4.78, 5) is 25.2. The number of hydrogen-bond donors (Lipinski definition) is 0. The third kappa shape index (κ3) is 4.31. The third-order valence-electron chi connectivity index (χ3n) is 6.13. The van der Waals surface area contributed by atoms with Gasteiger partial charge >= 0.3 is 6.03 Å². The molecule has 0 bridgehead atoms. The smallest absolute Gasteiger partial charge is 0.341 e. The summed E-state index contributed by atoms with van der Waals surface area (Å²) in [6.07, 6.45) is 3.04. The van der Waals surface area contributed by atoms with E-state index in [9.17, 15) is 18.0 Å². The van der Waals surface area contributed by atoms with Crippen LogP contribution in [0.2, 0.25) is 0 Å². The Kier molecular flexibility index (Phi) is 5.87. The van der Waals surface area contributed by atoms with Crippen LogP contribution in [0.25, 0.3) is 11.3 Å². The number of rotatable bonds is 3. The van der Waals surface area contributed by atoms with Crippen LogP contribution < -0.4 is 4.90 Å². The highest BCUT2D eigenvalue weighted by atomic mass is 19.1. The summed E-state index contributed by atoms with van der Waals surface area (Å²) < 4.78 is 47.1. The number of amides is 2. The summed E-state index contributed by atoms with van der Waals surface area (Å²) in [5.41, 5.74) is 1.48. The van der Waals surface area contributed by atoms with Gasteiger partial charge in [0.05, 0.1) is 23.5 Å². The van der Waals surface area contributed by atoms with E-state index in [4.69, 9.17) is 4.52 Å². The monoisotopic (exact) mass is 485 g/mol. The molecule has 0 N–H and O–H groups in total. The fourth-order valence-electron chi connectivity index (χ4n) is 4.39. The first-order valence-corrected chi connectivity index (χ1v) is 11.1. The molecule has 5 rings (SSSR count). The van der Waals surface area contributed by atoms with E-state index >= 15 is 0 Å². The van der Waals surface area contributed by atoms with Crippen molar-refractivity contribution in [2.75, 3.05) is 31.1 Å². The van der Waals surface area contributed by atoms with Crippen molar-refractivity contribution in [3.05, 3.63) is 58.9 Å². The lowest BCUT2D eigenvalue weighted by atomic mass is 10.0. The molecule has 4 heterocycles. The SMILES string of the molecule is Cc1noc(C)c1-c1nc(N2CCN(C(=O)N3N=CCC3c3cc(F)cc(F)c3)CC2)ncc1F. The largest absolute Gasteiger partial charge is 0.361 e. The van der Waals surface area contributed by atoms with Gasteiger partial charge < -0.3 is 14.3 Å². The Balaban J connectivity index is 1.29. The van der Waals surface area contributed by atoms with Crippen molar-refractivity contribution in [3.8, 4) is 11.3 Å². The molecule has 3 aromatic rings. The number of carbonyl (C=O) groups is 1. The summed E-state index contributed by atoms with van der Waals surface area (Å²) in [6, 6.07) is 2.28. The molecular formula is C23H22F3N7O2. The molecule has 182 valence electrons. The van der Waals surface area contributed by atoms with Crippen LogP contribution in [0, 0.1) is 31.3 Å². The Morgan fingerprint density at radius 2 is 1.77 bits per heavy atom. The van der Waals surface area contributed by atoms with Crippen molar-refractivity contribution in [2.45, 2.75) is 26.3 Å². The predicted molar refractivity (Wildman–Crippen MR) is 120 cm³/mol. The topological polar surface area (TPSA) is 91.0 Å². The van der Waals surface area contributed by atoms with E-state index in [1.807, 2.05) is 4.90 Å². The maximum Gasteiger partial charge on any atom is 0.341 e. The van der Waals surface area contributed by atoms with Crippen LogP contribution in [0.15, 0.2) is 34.0 Å². The highest BCUT2D eigenvalue weighted by molar-refractivity contribution is 5.78. The number of anilines is 1. The molecule has 12 heteroatoms. The molecule has 0 aliphatic carbocycles. The Bertz CT molecular complexity index is 1260. The van der Waals surface area contributed by atoms with E-state index in [1.165, 1.54) is 17.1 Å². The van der Waals surface area contributed by atoms with Gasteiger partial charge in [-0.1, -0.05) is 5.16 Å². The normalized spacial score (nSPS) is 18.0. The van der Waals surface area contributed by atoms with Crippen molar-refractivity contribution >= 4 is 18.2 Å². The third-order valence-corrected chi connectivity index (χ3v) is 6.13. The fourth-order valence-corrected chi connectivity index (χ4v) is 4.39. The van der Waals surface area contributed by atoms with Crippen LogP contribution in [0.5, 0.6) is 0 Å².